The molecule has 1 unspecified atom stereocenters. The lowest BCUT2D eigenvalue weighted by Gasteiger charge is -2.29. The fourth-order valence-electron chi connectivity index (χ4n) is 4.29. The van der Waals surface area contributed by atoms with E-state index in [0.29, 0.717) is 0 Å². The highest BCUT2D eigenvalue weighted by Gasteiger charge is 2.25. The normalized spacial score (nSPS) is 15.5. The first-order valence-corrected chi connectivity index (χ1v) is 11.5. The highest BCUT2D eigenvalue weighted by molar-refractivity contribution is 5.78. The minimum absolute atomic E-state index is 0.258. The van der Waals surface area contributed by atoms with Crippen LogP contribution in [-0.4, -0.2) is 53.1 Å². The molecule has 8 nitrogen and oxygen atoms in total. The molecule has 1 atom stereocenters. The molecule has 0 saturated carbocycles. The van der Waals surface area contributed by atoms with Gasteiger partial charge in [-0.15, -0.1) is 0 Å². The van der Waals surface area contributed by atoms with Crippen molar-refractivity contribution in [2.24, 2.45) is 0 Å². The number of hydrogen-bond acceptors (Lipinski definition) is 6. The smallest absolute Gasteiger partial charge is 0.227 e. The summed E-state index contributed by atoms with van der Waals surface area (Å²) in [5.74, 6) is 2.86. The highest BCUT2D eigenvalue weighted by Crippen LogP contribution is 2.32. The number of aromatic nitrogens is 3. The summed E-state index contributed by atoms with van der Waals surface area (Å²) in [5, 5.41) is 6.64. The number of hydrogen-bond donors (Lipinski definition) is 1. The molecule has 5 rings (SSSR count). The van der Waals surface area contributed by atoms with Crippen molar-refractivity contribution in [1.29, 1.82) is 0 Å². The number of piperidine rings is 1. The van der Waals surface area contributed by atoms with E-state index in [2.05, 4.69) is 33.2 Å². The van der Waals surface area contributed by atoms with Gasteiger partial charge in [-0.3, -0.25) is 4.79 Å². The van der Waals surface area contributed by atoms with Crippen LogP contribution in [0.2, 0.25) is 0 Å². The lowest BCUT2D eigenvalue weighted by Crippen LogP contribution is -2.33. The molecule has 4 aromatic rings. The zero-order valence-corrected chi connectivity index (χ0v) is 20.1. The molecule has 8 heteroatoms. The number of methoxy groups -OCH3 is 1. The molecule has 1 saturated heterocycles. The van der Waals surface area contributed by atoms with Crippen LogP contribution in [0.15, 0.2) is 53.2 Å². The van der Waals surface area contributed by atoms with E-state index < -0.39 is 0 Å². The molecule has 1 amide bonds. The van der Waals surface area contributed by atoms with E-state index in [1.165, 1.54) is 0 Å². The summed E-state index contributed by atoms with van der Waals surface area (Å²) in [6, 6.07) is 14.1. The van der Waals surface area contributed by atoms with Crippen LogP contribution in [-0.2, 0) is 4.79 Å². The molecule has 1 aromatic carbocycles. The summed E-state index contributed by atoms with van der Waals surface area (Å²) in [7, 11) is 3.48. The van der Waals surface area contributed by atoms with Gasteiger partial charge in [0, 0.05) is 43.4 Å². The first-order valence-electron chi connectivity index (χ1n) is 11.5. The molecule has 1 N–H and O–H groups in total. The number of pyridine rings is 1. The van der Waals surface area contributed by atoms with Gasteiger partial charge in [0.25, 0.3) is 0 Å². The monoisotopic (exact) mass is 461 g/mol. The van der Waals surface area contributed by atoms with Gasteiger partial charge in [0.15, 0.2) is 0 Å². The summed E-state index contributed by atoms with van der Waals surface area (Å²) >= 11 is 0. The number of rotatable bonds is 5. The molecular formula is C26H31N5O3. The standard InChI is InChI=1S/C20H21N3O2.C6H10N2O/c1-25-17-8-4-6-15(12-17)19-18-9-2-3-11-23(18)20(21-19)16-7-5-10-22(13-16)14-24;1-4-5(2)8-9-6(4)7-3/h2-4,6,8-9,11-12,14,16H,5,7,10,13H2,1H3;7H,1-3H3. The number of ether oxygens (including phenoxy) is 1. The quantitative estimate of drug-likeness (QED) is 0.435. The molecule has 0 spiro atoms. The van der Waals surface area contributed by atoms with E-state index in [-0.39, 0.29) is 5.92 Å². The topological polar surface area (TPSA) is 84.9 Å². The van der Waals surface area contributed by atoms with Gasteiger partial charge >= 0.3 is 0 Å². The molecule has 4 heterocycles. The second-order valence-corrected chi connectivity index (χ2v) is 8.42. The van der Waals surface area contributed by atoms with Crippen molar-refractivity contribution in [3.63, 3.8) is 0 Å². The molecule has 3 aromatic heterocycles. The predicted molar refractivity (Wildman–Crippen MR) is 132 cm³/mol. The first kappa shape index (κ1) is 23.4. The van der Waals surface area contributed by atoms with Gasteiger partial charge in [0.1, 0.15) is 11.6 Å². The summed E-state index contributed by atoms with van der Waals surface area (Å²) in [4.78, 5) is 18.0. The number of nitrogens with zero attached hydrogens (tertiary/aromatic N) is 4. The van der Waals surface area contributed by atoms with E-state index >= 15 is 0 Å². The Morgan fingerprint density at radius 2 is 2.06 bits per heavy atom. The van der Waals surface area contributed by atoms with Gasteiger partial charge in [-0.1, -0.05) is 23.4 Å². The van der Waals surface area contributed by atoms with Crippen molar-refractivity contribution in [3.05, 3.63) is 65.7 Å². The number of aryl methyl sites for hydroxylation is 1. The maximum Gasteiger partial charge on any atom is 0.227 e. The summed E-state index contributed by atoms with van der Waals surface area (Å²) in [6.07, 6.45) is 5.07. The van der Waals surface area contributed by atoms with Gasteiger partial charge in [-0.2, -0.15) is 0 Å². The van der Waals surface area contributed by atoms with Crippen LogP contribution in [0.5, 0.6) is 5.75 Å². The number of carbonyl (C=O) groups is 1. The minimum Gasteiger partial charge on any atom is -0.497 e. The maximum absolute atomic E-state index is 11.2. The van der Waals surface area contributed by atoms with Crippen LogP contribution in [0.4, 0.5) is 5.88 Å². The van der Waals surface area contributed by atoms with Crippen LogP contribution >= 0.6 is 0 Å². The second-order valence-electron chi connectivity index (χ2n) is 8.42. The Bertz CT molecular complexity index is 1260. The number of imidazole rings is 1. The number of fused-ring (bicyclic) bond motifs is 1. The fraction of sp³-hybridized carbons (Fsp3) is 0.346. The summed E-state index contributed by atoms with van der Waals surface area (Å²) < 4.78 is 12.4. The predicted octanol–water partition coefficient (Wildman–Crippen LogP) is 4.68. The Morgan fingerprint density at radius 1 is 1.21 bits per heavy atom. The Balaban J connectivity index is 0.000000257. The summed E-state index contributed by atoms with van der Waals surface area (Å²) in [5.41, 5.74) is 5.10. The Hall–Kier alpha value is -3.81. The average Bonchev–Trinajstić information content (AvgIpc) is 3.44. The molecule has 0 radical (unpaired) electrons. The van der Waals surface area contributed by atoms with Crippen molar-refractivity contribution in [1.82, 2.24) is 19.4 Å². The third-order valence-corrected chi connectivity index (χ3v) is 6.27. The van der Waals surface area contributed by atoms with E-state index in [4.69, 9.17) is 14.2 Å². The molecular weight excluding hydrogens is 430 g/mol. The van der Waals surface area contributed by atoms with Gasteiger partial charge in [-0.05, 0) is 51.0 Å². The fourth-order valence-corrected chi connectivity index (χ4v) is 4.29. The van der Waals surface area contributed by atoms with E-state index in [9.17, 15) is 4.79 Å². The highest BCUT2D eigenvalue weighted by atomic mass is 16.5. The van der Waals surface area contributed by atoms with Crippen molar-refractivity contribution in [3.8, 4) is 17.0 Å². The number of carbonyl (C=O) groups excluding carboxylic acids is 1. The van der Waals surface area contributed by atoms with E-state index in [1.54, 1.807) is 7.11 Å². The van der Waals surface area contributed by atoms with Crippen molar-refractivity contribution in [2.75, 3.05) is 32.6 Å². The number of benzene rings is 1. The minimum atomic E-state index is 0.258. The van der Waals surface area contributed by atoms with Gasteiger partial charge in [0.2, 0.25) is 12.3 Å². The van der Waals surface area contributed by atoms with Crippen molar-refractivity contribution < 1.29 is 14.1 Å². The van der Waals surface area contributed by atoms with Crippen LogP contribution in [0.25, 0.3) is 16.8 Å². The van der Waals surface area contributed by atoms with Gasteiger partial charge in [-0.25, -0.2) is 4.98 Å². The number of anilines is 1. The molecule has 1 aliphatic rings. The van der Waals surface area contributed by atoms with Crippen molar-refractivity contribution in [2.45, 2.75) is 32.6 Å². The van der Waals surface area contributed by atoms with E-state index in [0.717, 1.165) is 77.8 Å². The van der Waals surface area contributed by atoms with Crippen molar-refractivity contribution >= 4 is 17.8 Å². The third-order valence-electron chi connectivity index (χ3n) is 6.27. The molecule has 0 bridgehead atoms. The third kappa shape index (κ3) is 4.76. The number of nitrogens with one attached hydrogen (secondary N) is 1. The van der Waals surface area contributed by atoms with Crippen LogP contribution in [0.3, 0.4) is 0 Å². The first-order chi connectivity index (χ1) is 16.5. The Kier molecular flexibility index (Phi) is 7.15. The average molecular weight is 462 g/mol. The SMILES string of the molecule is CNc1onc(C)c1C.COc1cccc(-c2nc(C3CCCN(C=O)C3)n3ccccc23)c1. The second kappa shape index (κ2) is 10.4. The summed E-state index contributed by atoms with van der Waals surface area (Å²) in [6.45, 7) is 5.46. The number of amides is 1. The zero-order chi connectivity index (χ0) is 24.1. The molecule has 1 fully saturated rings. The van der Waals surface area contributed by atoms with E-state index in [1.807, 2.05) is 56.1 Å². The van der Waals surface area contributed by atoms with Gasteiger partial charge < -0.3 is 23.9 Å². The lowest BCUT2D eigenvalue weighted by atomic mass is 9.97. The van der Waals surface area contributed by atoms with Crippen LogP contribution in [0.1, 0.15) is 35.8 Å². The van der Waals surface area contributed by atoms with Crippen LogP contribution < -0.4 is 10.1 Å². The Morgan fingerprint density at radius 3 is 2.74 bits per heavy atom. The number of likely N-dealkylation sites (tertiary alicyclic amines) is 1. The molecule has 178 valence electrons. The lowest BCUT2D eigenvalue weighted by molar-refractivity contribution is -0.119. The van der Waals surface area contributed by atoms with Crippen LogP contribution in [0, 0.1) is 13.8 Å². The molecule has 1 aliphatic heterocycles. The Labute approximate surface area is 199 Å². The largest absolute Gasteiger partial charge is 0.497 e. The molecule has 0 aliphatic carbocycles. The maximum atomic E-state index is 11.2. The molecule has 34 heavy (non-hydrogen) atoms. The van der Waals surface area contributed by atoms with Gasteiger partial charge in [0.05, 0.1) is 24.0 Å². The zero-order valence-electron chi connectivity index (χ0n) is 20.1.